The molecule has 0 spiro atoms. The summed E-state index contributed by atoms with van der Waals surface area (Å²) in [5.74, 6) is -1.35. The molecule has 0 aliphatic rings. The summed E-state index contributed by atoms with van der Waals surface area (Å²) < 4.78 is 14.5. The molecule has 1 aromatic heterocycles. The molecule has 0 unspecified atom stereocenters. The minimum absolute atomic E-state index is 0.0672. The third-order valence-corrected chi connectivity index (χ3v) is 3.39. The second kappa shape index (κ2) is 12.6. The third-order valence-electron chi connectivity index (χ3n) is 2.85. The first-order valence-corrected chi connectivity index (χ1v) is 8.60. The number of carboxylic acid groups (broad SMARTS) is 1. The molecule has 0 aliphatic heterocycles. The summed E-state index contributed by atoms with van der Waals surface area (Å²) in [6.07, 6.45) is 4.70. The predicted octanol–water partition coefficient (Wildman–Crippen LogP) is 1.54. The molecule has 0 aliphatic carbocycles. The van der Waals surface area contributed by atoms with Crippen molar-refractivity contribution in [3.63, 3.8) is 0 Å². The van der Waals surface area contributed by atoms with E-state index in [1.165, 1.54) is 19.3 Å². The third kappa shape index (κ3) is 8.75. The Labute approximate surface area is 145 Å². The van der Waals surface area contributed by atoms with Crippen molar-refractivity contribution in [3.8, 4) is 0 Å². The zero-order chi connectivity index (χ0) is 17.6. The van der Waals surface area contributed by atoms with Gasteiger partial charge in [-0.2, -0.15) is 9.36 Å². The lowest BCUT2D eigenvalue weighted by molar-refractivity contribution is -0.129. The van der Waals surface area contributed by atoms with Gasteiger partial charge >= 0.3 is 5.97 Å². The molecule has 24 heavy (non-hydrogen) atoms. The van der Waals surface area contributed by atoms with Crippen LogP contribution in [0.3, 0.4) is 0 Å². The van der Waals surface area contributed by atoms with Gasteiger partial charge in [-0.05, 0) is 6.42 Å². The maximum atomic E-state index is 11.1. The standard InChI is InChI=1S/C14H24N4O5S/c1-2-3-4-5-6-21-7-8-22-9-10-23-17-11(13(19)20)12-16-14(15)24-18-12/h2-10H2,1H3,(H,19,20)(H2,15,16,18)/b17-11-. The molecule has 0 bridgehead atoms. The van der Waals surface area contributed by atoms with Gasteiger partial charge in [0.25, 0.3) is 0 Å². The molecular formula is C14H24N4O5S. The summed E-state index contributed by atoms with van der Waals surface area (Å²) in [7, 11) is 0. The molecule has 0 aromatic carbocycles. The van der Waals surface area contributed by atoms with Gasteiger partial charge < -0.3 is 25.2 Å². The maximum absolute atomic E-state index is 11.1. The molecule has 136 valence electrons. The molecule has 0 saturated heterocycles. The number of rotatable bonds is 14. The highest BCUT2D eigenvalue weighted by Crippen LogP contribution is 2.07. The van der Waals surface area contributed by atoms with Crippen LogP contribution in [0.2, 0.25) is 0 Å². The quantitative estimate of drug-likeness (QED) is 0.290. The van der Waals surface area contributed by atoms with Gasteiger partial charge in [0.2, 0.25) is 11.5 Å². The van der Waals surface area contributed by atoms with Crippen molar-refractivity contribution in [1.29, 1.82) is 0 Å². The van der Waals surface area contributed by atoms with Crippen LogP contribution in [0.1, 0.15) is 38.4 Å². The Hall–Kier alpha value is -1.78. The van der Waals surface area contributed by atoms with Crippen molar-refractivity contribution >= 4 is 28.3 Å². The number of carbonyl (C=O) groups is 1. The highest BCUT2D eigenvalue weighted by molar-refractivity contribution is 7.09. The van der Waals surface area contributed by atoms with Crippen LogP contribution in [0, 0.1) is 0 Å². The van der Waals surface area contributed by atoms with Gasteiger partial charge in [-0.3, -0.25) is 0 Å². The van der Waals surface area contributed by atoms with Crippen LogP contribution in [0.15, 0.2) is 5.16 Å². The van der Waals surface area contributed by atoms with Crippen LogP contribution >= 0.6 is 11.5 Å². The van der Waals surface area contributed by atoms with Gasteiger partial charge in [-0.15, -0.1) is 0 Å². The van der Waals surface area contributed by atoms with Crippen LogP contribution in [0.5, 0.6) is 0 Å². The SMILES string of the molecule is CCCCCCOCCOCCO/N=C(\C(=O)O)c1nsc(N)n1. The van der Waals surface area contributed by atoms with E-state index in [0.29, 0.717) is 13.2 Å². The van der Waals surface area contributed by atoms with Gasteiger partial charge in [-0.1, -0.05) is 31.3 Å². The highest BCUT2D eigenvalue weighted by Gasteiger charge is 2.18. The van der Waals surface area contributed by atoms with E-state index in [-0.39, 0.29) is 24.2 Å². The fourth-order valence-electron chi connectivity index (χ4n) is 1.67. The minimum Gasteiger partial charge on any atom is -0.476 e. The first kappa shape index (κ1) is 20.3. The highest BCUT2D eigenvalue weighted by atomic mass is 32.1. The van der Waals surface area contributed by atoms with Crippen molar-refractivity contribution in [2.24, 2.45) is 5.16 Å². The number of aliphatic carboxylic acids is 1. The van der Waals surface area contributed by atoms with E-state index >= 15 is 0 Å². The van der Waals surface area contributed by atoms with Crippen molar-refractivity contribution in [1.82, 2.24) is 9.36 Å². The Morgan fingerprint density at radius 2 is 1.88 bits per heavy atom. The van der Waals surface area contributed by atoms with Gasteiger partial charge in [0.15, 0.2) is 5.13 Å². The van der Waals surface area contributed by atoms with E-state index in [2.05, 4.69) is 21.4 Å². The van der Waals surface area contributed by atoms with E-state index in [1.54, 1.807) is 0 Å². The number of nitrogens with zero attached hydrogens (tertiary/aromatic N) is 3. The smallest absolute Gasteiger partial charge is 0.362 e. The Balaban J connectivity index is 2.08. The Bertz CT molecular complexity index is 509. The van der Waals surface area contributed by atoms with E-state index < -0.39 is 11.7 Å². The minimum atomic E-state index is -1.29. The number of hydrogen-bond acceptors (Lipinski definition) is 9. The van der Waals surface area contributed by atoms with Gasteiger partial charge in [0.1, 0.15) is 6.61 Å². The monoisotopic (exact) mass is 360 g/mol. The first-order valence-electron chi connectivity index (χ1n) is 7.83. The van der Waals surface area contributed by atoms with Crippen LogP contribution in [0.25, 0.3) is 0 Å². The Morgan fingerprint density at radius 1 is 1.17 bits per heavy atom. The molecule has 0 radical (unpaired) electrons. The molecule has 10 heteroatoms. The number of oxime groups is 1. The lowest BCUT2D eigenvalue weighted by Crippen LogP contribution is -2.17. The van der Waals surface area contributed by atoms with Crippen LogP contribution in [0.4, 0.5) is 5.13 Å². The zero-order valence-corrected chi connectivity index (χ0v) is 14.6. The molecule has 0 saturated carbocycles. The summed E-state index contributed by atoms with van der Waals surface area (Å²) in [5, 5.41) is 12.7. The summed E-state index contributed by atoms with van der Waals surface area (Å²) in [5.41, 5.74) is 5.02. The van der Waals surface area contributed by atoms with E-state index in [1.807, 2.05) is 0 Å². The normalized spacial score (nSPS) is 11.6. The summed E-state index contributed by atoms with van der Waals surface area (Å²) in [4.78, 5) is 19.7. The molecule has 0 fully saturated rings. The Morgan fingerprint density at radius 3 is 2.50 bits per heavy atom. The average molecular weight is 360 g/mol. The number of nitrogen functional groups attached to an aromatic ring is 1. The summed E-state index contributed by atoms with van der Waals surface area (Å²) in [6.45, 7) is 4.29. The van der Waals surface area contributed by atoms with E-state index in [4.69, 9.17) is 25.2 Å². The molecule has 0 atom stereocenters. The molecule has 9 nitrogen and oxygen atoms in total. The van der Waals surface area contributed by atoms with E-state index in [9.17, 15) is 4.79 Å². The molecule has 1 rings (SSSR count). The number of hydrogen-bond donors (Lipinski definition) is 2. The number of ether oxygens (including phenoxy) is 2. The number of carboxylic acids is 1. The lowest BCUT2D eigenvalue weighted by Gasteiger charge is -2.05. The van der Waals surface area contributed by atoms with E-state index in [0.717, 1.165) is 24.6 Å². The lowest BCUT2D eigenvalue weighted by atomic mass is 10.2. The van der Waals surface area contributed by atoms with Crippen LogP contribution in [-0.2, 0) is 19.1 Å². The zero-order valence-electron chi connectivity index (χ0n) is 13.8. The number of nitrogens with two attached hydrogens (primary N) is 1. The van der Waals surface area contributed by atoms with Gasteiger partial charge in [0.05, 0.1) is 19.8 Å². The molecule has 0 amide bonds. The average Bonchev–Trinajstić information content (AvgIpc) is 2.97. The predicted molar refractivity (Wildman–Crippen MR) is 90.2 cm³/mol. The topological polar surface area (TPSA) is 129 Å². The number of anilines is 1. The molecule has 3 N–H and O–H groups in total. The van der Waals surface area contributed by atoms with Crippen LogP contribution in [-0.4, -0.2) is 59.2 Å². The molecular weight excluding hydrogens is 336 g/mol. The second-order valence-electron chi connectivity index (χ2n) is 4.82. The van der Waals surface area contributed by atoms with Crippen molar-refractivity contribution in [2.45, 2.75) is 32.6 Å². The summed E-state index contributed by atoms with van der Waals surface area (Å²) >= 11 is 0.889. The summed E-state index contributed by atoms with van der Waals surface area (Å²) in [6, 6.07) is 0. The largest absolute Gasteiger partial charge is 0.476 e. The van der Waals surface area contributed by atoms with Crippen LogP contribution < -0.4 is 5.73 Å². The fourth-order valence-corrected chi connectivity index (χ4v) is 2.10. The first-order chi connectivity index (χ1) is 11.6. The van der Waals surface area contributed by atoms with Gasteiger partial charge in [-0.25, -0.2) is 4.79 Å². The number of aromatic nitrogens is 2. The number of unbranched alkanes of at least 4 members (excludes halogenated alkanes) is 3. The maximum Gasteiger partial charge on any atom is 0.362 e. The molecule has 1 aromatic rings. The van der Waals surface area contributed by atoms with Gasteiger partial charge in [0, 0.05) is 18.1 Å². The fraction of sp³-hybridized carbons (Fsp3) is 0.714. The van der Waals surface area contributed by atoms with Crippen molar-refractivity contribution in [3.05, 3.63) is 5.82 Å². The molecule has 1 heterocycles. The Kier molecular flexibility index (Phi) is 10.7. The van der Waals surface area contributed by atoms with Crippen molar-refractivity contribution < 1.29 is 24.2 Å². The van der Waals surface area contributed by atoms with Crippen molar-refractivity contribution in [2.75, 3.05) is 38.8 Å². The second-order valence-corrected chi connectivity index (χ2v) is 5.60.